The Morgan fingerprint density at radius 3 is 2.84 bits per heavy atom. The molecule has 1 N–H and O–H groups in total. The number of carbonyl (C=O) groups is 2. The van der Waals surface area contributed by atoms with Gasteiger partial charge in [0.25, 0.3) is 11.5 Å². The van der Waals surface area contributed by atoms with E-state index in [1.54, 1.807) is 23.2 Å². The summed E-state index contributed by atoms with van der Waals surface area (Å²) in [5.41, 5.74) is 0.165. The summed E-state index contributed by atoms with van der Waals surface area (Å²) in [6.45, 7) is 0.761. The largest absolute Gasteiger partial charge is 0.389 e. The standard InChI is InChI=1S/C17H20N4O4/c22-14-6-1-2-7-20(14)10-15(23)21-8-12-13(9-21)25-19-16(12)17(24)18-11-4-3-5-11/h1-2,6-7,11-13H,3-5,8-10H2,(H,18,24)/t12-,13+/m0/s1. The molecule has 1 aromatic rings. The van der Waals surface area contributed by atoms with Crippen molar-refractivity contribution < 1.29 is 14.4 Å². The molecule has 8 heteroatoms. The van der Waals surface area contributed by atoms with Crippen molar-refractivity contribution in [2.24, 2.45) is 11.1 Å². The maximum Gasteiger partial charge on any atom is 0.269 e. The first-order valence-corrected chi connectivity index (χ1v) is 8.59. The summed E-state index contributed by atoms with van der Waals surface area (Å²) < 4.78 is 1.37. The lowest BCUT2D eigenvalue weighted by atomic mass is 9.92. The molecule has 1 aliphatic carbocycles. The van der Waals surface area contributed by atoms with Gasteiger partial charge in [0, 0.05) is 24.8 Å². The average Bonchev–Trinajstić information content (AvgIpc) is 3.13. The Morgan fingerprint density at radius 1 is 1.28 bits per heavy atom. The molecular formula is C17H20N4O4. The fourth-order valence-electron chi connectivity index (χ4n) is 3.40. The molecule has 2 amide bonds. The summed E-state index contributed by atoms with van der Waals surface area (Å²) >= 11 is 0. The van der Waals surface area contributed by atoms with Crippen molar-refractivity contribution in [3.8, 4) is 0 Å². The number of pyridine rings is 1. The van der Waals surface area contributed by atoms with Crippen molar-refractivity contribution in [2.75, 3.05) is 13.1 Å². The molecule has 2 fully saturated rings. The van der Waals surface area contributed by atoms with Gasteiger partial charge in [-0.3, -0.25) is 14.4 Å². The third-order valence-electron chi connectivity index (χ3n) is 5.13. The molecule has 4 rings (SSSR count). The molecule has 8 nitrogen and oxygen atoms in total. The Morgan fingerprint density at radius 2 is 2.12 bits per heavy atom. The lowest BCUT2D eigenvalue weighted by molar-refractivity contribution is -0.131. The minimum atomic E-state index is -0.279. The van der Waals surface area contributed by atoms with E-state index in [-0.39, 0.29) is 42.0 Å². The number of likely N-dealkylation sites (tertiary alicyclic amines) is 1. The van der Waals surface area contributed by atoms with Gasteiger partial charge in [0.2, 0.25) is 5.91 Å². The molecule has 3 heterocycles. The normalized spacial score (nSPS) is 25.0. The maximum atomic E-state index is 12.5. The smallest absolute Gasteiger partial charge is 0.269 e. The molecule has 2 atom stereocenters. The van der Waals surface area contributed by atoms with E-state index < -0.39 is 0 Å². The summed E-state index contributed by atoms with van der Waals surface area (Å²) in [6, 6.07) is 5.01. The highest BCUT2D eigenvalue weighted by atomic mass is 16.6. The van der Waals surface area contributed by atoms with Crippen LogP contribution in [0.2, 0.25) is 0 Å². The number of nitrogens with zero attached hydrogens (tertiary/aromatic N) is 3. The number of carbonyl (C=O) groups excluding carboxylic acids is 2. The fourth-order valence-corrected chi connectivity index (χ4v) is 3.40. The van der Waals surface area contributed by atoms with Crippen LogP contribution in [-0.4, -0.2) is 52.2 Å². The van der Waals surface area contributed by atoms with Crippen LogP contribution in [0.15, 0.2) is 34.3 Å². The average molecular weight is 344 g/mol. The molecule has 0 spiro atoms. The van der Waals surface area contributed by atoms with E-state index in [0.29, 0.717) is 18.8 Å². The van der Waals surface area contributed by atoms with Gasteiger partial charge in [-0.25, -0.2) is 0 Å². The van der Waals surface area contributed by atoms with Crippen molar-refractivity contribution in [1.29, 1.82) is 0 Å². The summed E-state index contributed by atoms with van der Waals surface area (Å²) in [4.78, 5) is 43.6. The monoisotopic (exact) mass is 344 g/mol. The molecule has 0 radical (unpaired) electrons. The zero-order chi connectivity index (χ0) is 17.4. The highest BCUT2D eigenvalue weighted by molar-refractivity contribution is 6.40. The Labute approximate surface area is 144 Å². The topological polar surface area (TPSA) is 93.0 Å². The van der Waals surface area contributed by atoms with Crippen molar-refractivity contribution in [3.05, 3.63) is 34.7 Å². The number of amides is 2. The SMILES string of the molecule is O=C(NC1CCC1)C1=NO[C@@H]2CN(C(=O)Cn3ccccc3=O)C[C@H]12. The molecule has 0 bridgehead atoms. The molecule has 2 aliphatic heterocycles. The predicted molar refractivity (Wildman–Crippen MR) is 88.9 cm³/mol. The third-order valence-corrected chi connectivity index (χ3v) is 5.13. The van der Waals surface area contributed by atoms with Gasteiger partial charge < -0.3 is 19.6 Å². The highest BCUT2D eigenvalue weighted by Gasteiger charge is 2.46. The van der Waals surface area contributed by atoms with Crippen molar-refractivity contribution in [1.82, 2.24) is 14.8 Å². The molecule has 25 heavy (non-hydrogen) atoms. The second-order valence-electron chi connectivity index (χ2n) is 6.79. The van der Waals surface area contributed by atoms with E-state index in [4.69, 9.17) is 4.84 Å². The van der Waals surface area contributed by atoms with Crippen LogP contribution in [-0.2, 0) is 21.0 Å². The minimum Gasteiger partial charge on any atom is -0.389 e. The van der Waals surface area contributed by atoms with Crippen LogP contribution in [0, 0.1) is 5.92 Å². The van der Waals surface area contributed by atoms with Crippen molar-refractivity contribution >= 4 is 17.5 Å². The first kappa shape index (κ1) is 15.9. The second-order valence-corrected chi connectivity index (χ2v) is 6.79. The summed E-state index contributed by atoms with van der Waals surface area (Å²) in [6.07, 6.45) is 4.46. The van der Waals surface area contributed by atoms with Gasteiger partial charge in [-0.15, -0.1) is 0 Å². The van der Waals surface area contributed by atoms with Crippen LogP contribution in [0.5, 0.6) is 0 Å². The van der Waals surface area contributed by atoms with Gasteiger partial charge in [-0.05, 0) is 25.3 Å². The molecule has 0 aromatic carbocycles. The second kappa shape index (κ2) is 6.34. The molecule has 1 saturated heterocycles. The Balaban J connectivity index is 1.38. The van der Waals surface area contributed by atoms with E-state index in [1.807, 2.05) is 0 Å². The van der Waals surface area contributed by atoms with E-state index in [9.17, 15) is 14.4 Å². The van der Waals surface area contributed by atoms with E-state index in [2.05, 4.69) is 10.5 Å². The van der Waals surface area contributed by atoms with Gasteiger partial charge in [-0.2, -0.15) is 0 Å². The van der Waals surface area contributed by atoms with Gasteiger partial charge in [0.1, 0.15) is 6.54 Å². The Hall–Kier alpha value is -2.64. The van der Waals surface area contributed by atoms with Crippen LogP contribution in [0.3, 0.4) is 0 Å². The lowest BCUT2D eigenvalue weighted by Crippen LogP contribution is -2.45. The van der Waals surface area contributed by atoms with E-state index >= 15 is 0 Å². The van der Waals surface area contributed by atoms with Gasteiger partial charge in [0.05, 0.1) is 12.5 Å². The summed E-state index contributed by atoms with van der Waals surface area (Å²) in [7, 11) is 0. The first-order chi connectivity index (χ1) is 12.1. The summed E-state index contributed by atoms with van der Waals surface area (Å²) in [5.74, 6) is -0.549. The lowest BCUT2D eigenvalue weighted by Gasteiger charge is -2.26. The Kier molecular flexibility index (Phi) is 4.03. The number of aromatic nitrogens is 1. The number of rotatable bonds is 4. The van der Waals surface area contributed by atoms with Crippen LogP contribution < -0.4 is 10.9 Å². The van der Waals surface area contributed by atoms with Crippen LogP contribution in [0.1, 0.15) is 19.3 Å². The van der Waals surface area contributed by atoms with E-state index in [1.165, 1.54) is 10.6 Å². The van der Waals surface area contributed by atoms with Crippen molar-refractivity contribution in [2.45, 2.75) is 38.0 Å². The third kappa shape index (κ3) is 3.04. The van der Waals surface area contributed by atoms with Gasteiger partial charge in [0.15, 0.2) is 11.8 Å². The molecule has 3 aliphatic rings. The number of fused-ring (bicyclic) bond motifs is 1. The summed E-state index contributed by atoms with van der Waals surface area (Å²) in [5, 5.41) is 6.90. The first-order valence-electron chi connectivity index (χ1n) is 8.59. The van der Waals surface area contributed by atoms with Crippen LogP contribution in [0.25, 0.3) is 0 Å². The quantitative estimate of drug-likeness (QED) is 0.814. The van der Waals surface area contributed by atoms with E-state index in [0.717, 1.165) is 19.3 Å². The molecular weight excluding hydrogens is 324 g/mol. The van der Waals surface area contributed by atoms with Gasteiger partial charge in [-0.1, -0.05) is 11.2 Å². The zero-order valence-electron chi connectivity index (χ0n) is 13.8. The number of oxime groups is 1. The van der Waals surface area contributed by atoms with Crippen LogP contribution >= 0.6 is 0 Å². The highest BCUT2D eigenvalue weighted by Crippen LogP contribution is 2.28. The minimum absolute atomic E-state index is 0.0140. The molecule has 1 saturated carbocycles. The number of hydrogen-bond acceptors (Lipinski definition) is 5. The molecule has 0 unspecified atom stereocenters. The molecule has 132 valence electrons. The fraction of sp³-hybridized carbons (Fsp3) is 0.529. The van der Waals surface area contributed by atoms with Gasteiger partial charge >= 0.3 is 0 Å². The number of nitrogens with one attached hydrogen (secondary N) is 1. The Bertz CT molecular complexity index is 783. The zero-order valence-corrected chi connectivity index (χ0v) is 13.8. The molecule has 1 aromatic heterocycles. The van der Waals surface area contributed by atoms with Crippen molar-refractivity contribution in [3.63, 3.8) is 0 Å². The number of hydrogen-bond donors (Lipinski definition) is 1. The van der Waals surface area contributed by atoms with Crippen LogP contribution in [0.4, 0.5) is 0 Å². The predicted octanol–water partition coefficient (Wildman–Crippen LogP) is -0.270. The maximum absolute atomic E-state index is 12.5.